The van der Waals surface area contributed by atoms with Crippen LogP contribution in [0.3, 0.4) is 0 Å². The van der Waals surface area contributed by atoms with E-state index in [-0.39, 0.29) is 11.3 Å². The molecule has 1 aliphatic heterocycles. The largest absolute Gasteiger partial charge is 0.464 e. The summed E-state index contributed by atoms with van der Waals surface area (Å²) in [7, 11) is 2.91. The number of esters is 1. The fourth-order valence-electron chi connectivity index (χ4n) is 2.79. The van der Waals surface area contributed by atoms with Gasteiger partial charge >= 0.3 is 5.97 Å². The van der Waals surface area contributed by atoms with Crippen molar-refractivity contribution in [2.45, 2.75) is 6.92 Å². The van der Waals surface area contributed by atoms with Crippen molar-refractivity contribution in [1.82, 2.24) is 9.78 Å². The Hall–Kier alpha value is -3.18. The van der Waals surface area contributed by atoms with E-state index in [2.05, 4.69) is 5.10 Å². The first-order chi connectivity index (χ1) is 11.5. The van der Waals surface area contributed by atoms with Gasteiger partial charge in [0.05, 0.1) is 30.3 Å². The molecular formula is C17H14FN3O3. The molecule has 0 saturated carbocycles. The Bertz CT molecular complexity index is 923. The molecule has 0 fully saturated rings. The monoisotopic (exact) mass is 327 g/mol. The lowest BCUT2D eigenvalue weighted by Gasteiger charge is -2.30. The number of methoxy groups -OCH3 is 1. The van der Waals surface area contributed by atoms with Gasteiger partial charge in [-0.25, -0.2) is 14.0 Å². The standard InChI is InChI=1S/C17H14FN3O3/c1-10-6-11(9-22)13-7-12(18)4-5-14(13)21(10)15-8-19-20(2)16(15)17(23)24-3/h4-8H,1-3H3. The average Bonchev–Trinajstić information content (AvgIpc) is 2.94. The van der Waals surface area contributed by atoms with Crippen LogP contribution in [0, 0.1) is 5.82 Å². The highest BCUT2D eigenvalue weighted by Gasteiger charge is 2.29. The first kappa shape index (κ1) is 15.7. The van der Waals surface area contributed by atoms with E-state index < -0.39 is 11.8 Å². The molecule has 0 saturated heterocycles. The van der Waals surface area contributed by atoms with Crippen LogP contribution in [-0.4, -0.2) is 28.8 Å². The van der Waals surface area contributed by atoms with E-state index >= 15 is 0 Å². The predicted octanol–water partition coefficient (Wildman–Crippen LogP) is 2.62. The van der Waals surface area contributed by atoms with Crippen molar-refractivity contribution in [2.75, 3.05) is 12.0 Å². The van der Waals surface area contributed by atoms with Crippen LogP contribution in [0.25, 0.3) is 5.57 Å². The molecule has 2 heterocycles. The molecule has 3 rings (SSSR count). The molecule has 1 aromatic heterocycles. The van der Waals surface area contributed by atoms with E-state index in [1.165, 1.54) is 30.1 Å². The lowest BCUT2D eigenvalue weighted by Crippen LogP contribution is -2.22. The van der Waals surface area contributed by atoms with Gasteiger partial charge in [0.15, 0.2) is 5.69 Å². The molecule has 24 heavy (non-hydrogen) atoms. The Kier molecular flexibility index (Phi) is 3.79. The van der Waals surface area contributed by atoms with E-state index in [0.717, 1.165) is 0 Å². The number of halogens is 1. The van der Waals surface area contributed by atoms with Crippen LogP contribution in [0.1, 0.15) is 23.0 Å². The maximum absolute atomic E-state index is 13.6. The Morgan fingerprint density at radius 1 is 1.33 bits per heavy atom. The fraction of sp³-hybridized carbons (Fsp3) is 0.176. The normalized spacial score (nSPS) is 13.2. The van der Waals surface area contributed by atoms with Gasteiger partial charge in [-0.15, -0.1) is 0 Å². The maximum Gasteiger partial charge on any atom is 0.358 e. The van der Waals surface area contributed by atoms with E-state index in [1.807, 2.05) is 5.94 Å². The number of anilines is 2. The van der Waals surface area contributed by atoms with Crippen LogP contribution in [0.5, 0.6) is 0 Å². The highest BCUT2D eigenvalue weighted by atomic mass is 19.1. The van der Waals surface area contributed by atoms with Gasteiger partial charge in [-0.3, -0.25) is 4.68 Å². The number of hydrogen-bond acceptors (Lipinski definition) is 5. The summed E-state index contributed by atoms with van der Waals surface area (Å²) in [5.41, 5.74) is 2.62. The first-order valence-electron chi connectivity index (χ1n) is 7.11. The molecule has 0 spiro atoms. The third-order valence-electron chi connectivity index (χ3n) is 3.84. The van der Waals surface area contributed by atoms with Gasteiger partial charge < -0.3 is 9.64 Å². The van der Waals surface area contributed by atoms with Crippen LogP contribution in [-0.2, 0) is 16.6 Å². The van der Waals surface area contributed by atoms with Crippen LogP contribution >= 0.6 is 0 Å². The zero-order chi connectivity index (χ0) is 17.4. The number of benzene rings is 1. The Morgan fingerprint density at radius 3 is 2.75 bits per heavy atom. The molecule has 122 valence electrons. The van der Waals surface area contributed by atoms with Gasteiger partial charge in [0.1, 0.15) is 11.8 Å². The van der Waals surface area contributed by atoms with Crippen molar-refractivity contribution >= 4 is 28.9 Å². The summed E-state index contributed by atoms with van der Waals surface area (Å²) in [6.07, 6.45) is 3.11. The number of allylic oxidation sites excluding steroid dienone is 3. The second-order valence-electron chi connectivity index (χ2n) is 5.29. The van der Waals surface area contributed by atoms with Gasteiger partial charge in [0, 0.05) is 18.3 Å². The Morgan fingerprint density at radius 2 is 2.08 bits per heavy atom. The minimum atomic E-state index is -0.543. The van der Waals surface area contributed by atoms with Crippen molar-refractivity contribution in [1.29, 1.82) is 0 Å². The van der Waals surface area contributed by atoms with E-state index in [4.69, 9.17) is 4.74 Å². The predicted molar refractivity (Wildman–Crippen MR) is 85.9 cm³/mol. The zero-order valence-electron chi connectivity index (χ0n) is 13.3. The Balaban J connectivity index is 2.27. The second kappa shape index (κ2) is 5.79. The number of carbonyl (C=O) groups is 1. The summed E-state index contributed by atoms with van der Waals surface area (Å²) in [4.78, 5) is 25.0. The van der Waals surface area contributed by atoms with Crippen molar-refractivity contribution in [3.05, 3.63) is 53.2 Å². The number of fused-ring (bicyclic) bond motifs is 1. The molecule has 0 radical (unpaired) electrons. The van der Waals surface area contributed by atoms with Gasteiger partial charge in [-0.1, -0.05) is 0 Å². The van der Waals surface area contributed by atoms with Crippen molar-refractivity contribution in [3.8, 4) is 0 Å². The summed E-state index contributed by atoms with van der Waals surface area (Å²) in [5.74, 6) is 0.821. The molecule has 0 N–H and O–H groups in total. The highest BCUT2D eigenvalue weighted by Crippen LogP contribution is 2.41. The molecule has 7 heteroatoms. The average molecular weight is 327 g/mol. The third kappa shape index (κ3) is 2.31. The summed E-state index contributed by atoms with van der Waals surface area (Å²) >= 11 is 0. The van der Waals surface area contributed by atoms with Crippen LogP contribution in [0.4, 0.5) is 15.8 Å². The van der Waals surface area contributed by atoms with Gasteiger partial charge in [-0.2, -0.15) is 5.10 Å². The minimum Gasteiger partial charge on any atom is -0.464 e. The molecule has 0 unspecified atom stereocenters. The SMILES string of the molecule is COC(=O)c1c(N2C(C)=CC(=C=O)c3cc(F)ccc32)cnn1C. The minimum absolute atomic E-state index is 0.249. The summed E-state index contributed by atoms with van der Waals surface area (Å²) in [6, 6.07) is 4.10. The molecule has 6 nitrogen and oxygen atoms in total. The third-order valence-corrected chi connectivity index (χ3v) is 3.84. The molecule has 0 bridgehead atoms. The van der Waals surface area contributed by atoms with Crippen molar-refractivity contribution < 1.29 is 18.7 Å². The molecule has 0 amide bonds. The number of ether oxygens (including phenoxy) is 1. The molecule has 0 atom stereocenters. The second-order valence-corrected chi connectivity index (χ2v) is 5.29. The number of nitrogens with zero attached hydrogens (tertiary/aromatic N) is 3. The van der Waals surface area contributed by atoms with Gasteiger partial charge in [0.25, 0.3) is 0 Å². The smallest absolute Gasteiger partial charge is 0.358 e. The lowest BCUT2D eigenvalue weighted by molar-refractivity contribution is 0.0589. The number of aromatic nitrogens is 2. The first-order valence-corrected chi connectivity index (χ1v) is 7.11. The molecule has 0 aliphatic carbocycles. The zero-order valence-corrected chi connectivity index (χ0v) is 13.3. The van der Waals surface area contributed by atoms with Gasteiger partial charge in [0.2, 0.25) is 0 Å². The Labute approximate surface area is 137 Å². The quantitative estimate of drug-likeness (QED) is 0.627. The molecule has 1 aliphatic rings. The number of hydrogen-bond donors (Lipinski definition) is 0. The molecular weight excluding hydrogens is 313 g/mol. The molecule has 1 aromatic carbocycles. The fourth-order valence-corrected chi connectivity index (χ4v) is 2.79. The van der Waals surface area contributed by atoms with E-state index in [1.54, 1.807) is 31.0 Å². The number of aryl methyl sites for hydroxylation is 1. The lowest BCUT2D eigenvalue weighted by atomic mass is 9.98. The highest BCUT2D eigenvalue weighted by molar-refractivity contribution is 6.03. The summed E-state index contributed by atoms with van der Waals surface area (Å²) in [6.45, 7) is 1.78. The molecule has 2 aromatic rings. The van der Waals surface area contributed by atoms with Crippen molar-refractivity contribution in [3.63, 3.8) is 0 Å². The number of rotatable bonds is 2. The maximum atomic E-state index is 13.6. The van der Waals surface area contributed by atoms with E-state index in [9.17, 15) is 14.0 Å². The van der Waals surface area contributed by atoms with Crippen LogP contribution < -0.4 is 4.90 Å². The summed E-state index contributed by atoms with van der Waals surface area (Å²) in [5, 5.41) is 4.11. The van der Waals surface area contributed by atoms with Crippen LogP contribution in [0.2, 0.25) is 0 Å². The van der Waals surface area contributed by atoms with Gasteiger partial charge in [-0.05, 0) is 31.2 Å². The van der Waals surface area contributed by atoms with E-state index in [0.29, 0.717) is 22.6 Å². The van der Waals surface area contributed by atoms with Crippen molar-refractivity contribution in [2.24, 2.45) is 7.05 Å². The number of carbonyl (C=O) groups excluding carboxylic acids is 2. The van der Waals surface area contributed by atoms with Crippen LogP contribution in [0.15, 0.2) is 36.2 Å². The summed E-state index contributed by atoms with van der Waals surface area (Å²) < 4.78 is 19.8. The topological polar surface area (TPSA) is 64.4 Å².